The van der Waals surface area contributed by atoms with E-state index in [1.807, 2.05) is 13.8 Å². The smallest absolute Gasteiger partial charge is 0.308 e. The van der Waals surface area contributed by atoms with Crippen molar-refractivity contribution < 1.29 is 42.7 Å². The fraction of sp³-hybridized carbons (Fsp3) is 0.967. The minimum Gasteiger partial charge on any atom is -0.469 e. The summed E-state index contributed by atoms with van der Waals surface area (Å²) >= 11 is 0. The van der Waals surface area contributed by atoms with Crippen molar-refractivity contribution in [1.82, 2.24) is 0 Å². The van der Waals surface area contributed by atoms with Crippen molar-refractivity contribution in [3.8, 4) is 0 Å². The van der Waals surface area contributed by atoms with Crippen LogP contribution in [0.4, 0.5) is 0 Å². The molecule has 0 aliphatic carbocycles. The highest BCUT2D eigenvalue weighted by Crippen LogP contribution is 2.42. The number of aliphatic hydroxyl groups excluding tert-OH is 1. The van der Waals surface area contributed by atoms with E-state index in [2.05, 4.69) is 40.8 Å². The Balaban J connectivity index is 1.31. The van der Waals surface area contributed by atoms with Gasteiger partial charge in [-0.05, 0) is 76.4 Å². The Hall–Kier alpha value is -0.593. The van der Waals surface area contributed by atoms with Crippen LogP contribution in [0.1, 0.15) is 86.5 Å². The molecule has 4 saturated heterocycles. The molecule has 4 aliphatic rings. The van der Waals surface area contributed by atoms with Crippen LogP contribution >= 0.6 is 0 Å². The third-order valence-corrected chi connectivity index (χ3v) is 14.1. The largest absolute Gasteiger partial charge is 0.469 e. The van der Waals surface area contributed by atoms with E-state index in [1.54, 1.807) is 0 Å². The maximum Gasteiger partial charge on any atom is 0.308 e. The Bertz CT molecular complexity index is 859. The predicted molar refractivity (Wildman–Crippen MR) is 152 cm³/mol. The first-order valence-corrected chi connectivity index (χ1v) is 18.2. The molecule has 0 unspecified atom stereocenters. The zero-order chi connectivity index (χ0) is 29.5. The highest BCUT2D eigenvalue weighted by Gasteiger charge is 2.55. The van der Waals surface area contributed by atoms with E-state index in [0.29, 0.717) is 38.2 Å². The number of epoxide rings is 1. The summed E-state index contributed by atoms with van der Waals surface area (Å²) in [5.41, 5.74) is 0. The Morgan fingerprint density at radius 3 is 2.33 bits per heavy atom. The van der Waals surface area contributed by atoms with Crippen molar-refractivity contribution >= 4 is 14.3 Å². The van der Waals surface area contributed by atoms with E-state index >= 15 is 0 Å². The summed E-state index contributed by atoms with van der Waals surface area (Å²) in [4.78, 5) is 12.1. The van der Waals surface area contributed by atoms with Crippen molar-refractivity contribution in [3.63, 3.8) is 0 Å². The zero-order valence-electron chi connectivity index (χ0n) is 26.1. The normalized spacial score (nSPS) is 39.1. The van der Waals surface area contributed by atoms with Crippen LogP contribution in [-0.4, -0.2) is 93.8 Å². The Kier molecular flexibility index (Phi) is 10.2. The van der Waals surface area contributed by atoms with Crippen molar-refractivity contribution in [2.45, 2.75) is 165 Å². The number of carbonyl (C=O) groups excluding carboxylic acids is 1. The predicted octanol–water partition coefficient (Wildman–Crippen LogP) is 4.73. The molecule has 0 amide bonds. The van der Waals surface area contributed by atoms with Gasteiger partial charge in [-0.3, -0.25) is 4.79 Å². The summed E-state index contributed by atoms with van der Waals surface area (Å²) in [6, 6.07) is 0. The van der Waals surface area contributed by atoms with E-state index in [-0.39, 0.29) is 66.3 Å². The molecular weight excluding hydrogens is 532 g/mol. The second kappa shape index (κ2) is 12.6. The molecule has 4 rings (SSSR count). The van der Waals surface area contributed by atoms with Gasteiger partial charge < -0.3 is 38.0 Å². The molecule has 0 bridgehead atoms. The molecular formula is C30H54O9Si. The summed E-state index contributed by atoms with van der Waals surface area (Å²) in [5, 5.41) is 11.3. The molecule has 0 radical (unpaired) electrons. The second-order valence-corrected chi connectivity index (χ2v) is 19.2. The molecule has 232 valence electrons. The molecule has 0 saturated carbocycles. The summed E-state index contributed by atoms with van der Waals surface area (Å²) in [5.74, 6) is -0.504. The molecule has 0 aromatic heterocycles. The molecule has 40 heavy (non-hydrogen) atoms. The number of rotatable bonds is 10. The van der Waals surface area contributed by atoms with Gasteiger partial charge in [0.05, 0.1) is 50.7 Å². The third kappa shape index (κ3) is 8.27. The number of ether oxygens (including phenoxy) is 6. The van der Waals surface area contributed by atoms with Crippen LogP contribution in [0.25, 0.3) is 0 Å². The average molecular weight is 587 g/mol. The van der Waals surface area contributed by atoms with Crippen molar-refractivity contribution in [3.05, 3.63) is 0 Å². The van der Waals surface area contributed by atoms with Gasteiger partial charge >= 0.3 is 5.97 Å². The van der Waals surface area contributed by atoms with Gasteiger partial charge in [0, 0.05) is 6.10 Å². The van der Waals surface area contributed by atoms with Crippen LogP contribution in [-0.2, 0) is 37.6 Å². The fourth-order valence-corrected chi connectivity index (χ4v) is 7.54. The molecule has 4 heterocycles. The Morgan fingerprint density at radius 1 is 1.02 bits per heavy atom. The topological polar surface area (TPSA) is 105 Å². The van der Waals surface area contributed by atoms with Gasteiger partial charge in [-0.25, -0.2) is 0 Å². The number of hydrogen-bond donors (Lipinski definition) is 1. The minimum atomic E-state index is -2.00. The summed E-state index contributed by atoms with van der Waals surface area (Å²) < 4.78 is 42.2. The first-order valence-electron chi connectivity index (χ1n) is 15.3. The lowest BCUT2D eigenvalue weighted by Crippen LogP contribution is -2.48. The SMILES string of the molecule is COC(=O)C[C@H]1C[C@H](O[Si](C)(C)C(C)(C)C)C[C@@H](C[C@H](O)C[C@H]2O[C@@H]([C@@H]3O[C@H]3[C@H]3COC(C)(C)O3)CC[C@@H]2C)O1. The highest BCUT2D eigenvalue weighted by molar-refractivity contribution is 6.74. The molecule has 0 aromatic rings. The Labute approximate surface area is 242 Å². The molecule has 4 aliphatic heterocycles. The maximum absolute atomic E-state index is 12.1. The first kappa shape index (κ1) is 32.3. The Morgan fingerprint density at radius 2 is 1.70 bits per heavy atom. The highest BCUT2D eigenvalue weighted by atomic mass is 28.4. The molecule has 4 fully saturated rings. The fourth-order valence-electron chi connectivity index (χ4n) is 6.16. The van der Waals surface area contributed by atoms with E-state index in [0.717, 1.165) is 12.8 Å². The quantitative estimate of drug-likeness (QED) is 0.221. The van der Waals surface area contributed by atoms with E-state index in [4.69, 9.17) is 32.8 Å². The molecule has 9 nitrogen and oxygen atoms in total. The van der Waals surface area contributed by atoms with Crippen molar-refractivity contribution in [2.75, 3.05) is 13.7 Å². The molecule has 10 heteroatoms. The maximum atomic E-state index is 12.1. The van der Waals surface area contributed by atoms with Gasteiger partial charge in [0.15, 0.2) is 14.1 Å². The first-order chi connectivity index (χ1) is 18.6. The monoisotopic (exact) mass is 586 g/mol. The second-order valence-electron chi connectivity index (χ2n) is 14.5. The number of methoxy groups -OCH3 is 1. The number of carbonyl (C=O) groups is 1. The molecule has 10 atom stereocenters. The van der Waals surface area contributed by atoms with Crippen LogP contribution in [0.3, 0.4) is 0 Å². The van der Waals surface area contributed by atoms with Gasteiger partial charge in [-0.1, -0.05) is 27.7 Å². The molecule has 0 spiro atoms. The van der Waals surface area contributed by atoms with Gasteiger partial charge in [-0.15, -0.1) is 0 Å². The standard InChI is InChI=1S/C30H54O9Si/c1-18-10-11-23(27-28(37-27)25-17-34-30(5,6)38-25)36-24(18)13-19(31)12-20-14-22(39-40(8,9)29(2,3)4)15-21(35-20)16-26(32)33-7/h18-25,27-28,31H,10-17H2,1-9H3/t18-,19-,20+,21+,22+,23+,24+,25+,27-,28-/m0/s1. The summed E-state index contributed by atoms with van der Waals surface area (Å²) in [7, 11) is -0.601. The van der Waals surface area contributed by atoms with Crippen molar-refractivity contribution in [1.29, 1.82) is 0 Å². The van der Waals surface area contributed by atoms with Crippen LogP contribution < -0.4 is 0 Å². The molecule has 0 aromatic carbocycles. The summed E-state index contributed by atoms with van der Waals surface area (Å²) in [6.45, 7) is 17.8. The van der Waals surface area contributed by atoms with E-state index in [1.165, 1.54) is 7.11 Å². The zero-order valence-corrected chi connectivity index (χ0v) is 27.1. The lowest BCUT2D eigenvalue weighted by atomic mass is 9.87. The number of aliphatic hydroxyl groups is 1. The lowest BCUT2D eigenvalue weighted by molar-refractivity contribution is -0.152. The average Bonchev–Trinajstić information content (AvgIpc) is 3.54. The van der Waals surface area contributed by atoms with Crippen LogP contribution in [0.2, 0.25) is 18.1 Å². The van der Waals surface area contributed by atoms with Crippen molar-refractivity contribution in [2.24, 2.45) is 5.92 Å². The van der Waals surface area contributed by atoms with Gasteiger partial charge in [0.25, 0.3) is 0 Å². The van der Waals surface area contributed by atoms with Gasteiger partial charge in [0.1, 0.15) is 18.3 Å². The number of esters is 1. The summed E-state index contributed by atoms with van der Waals surface area (Å²) in [6.07, 6.45) is 3.42. The number of hydrogen-bond acceptors (Lipinski definition) is 9. The molecule has 1 N–H and O–H groups in total. The lowest BCUT2D eigenvalue weighted by Gasteiger charge is -2.43. The van der Waals surface area contributed by atoms with Crippen LogP contribution in [0.15, 0.2) is 0 Å². The van der Waals surface area contributed by atoms with Crippen LogP contribution in [0, 0.1) is 5.92 Å². The minimum absolute atomic E-state index is 0.00319. The third-order valence-electron chi connectivity index (χ3n) is 9.58. The van der Waals surface area contributed by atoms with E-state index in [9.17, 15) is 9.90 Å². The van der Waals surface area contributed by atoms with Gasteiger partial charge in [0.2, 0.25) is 0 Å². The van der Waals surface area contributed by atoms with Gasteiger partial charge in [-0.2, -0.15) is 0 Å². The van der Waals surface area contributed by atoms with Crippen LogP contribution in [0.5, 0.6) is 0 Å². The van der Waals surface area contributed by atoms with E-state index < -0.39 is 20.2 Å².